The van der Waals surface area contributed by atoms with Crippen LogP contribution in [0.4, 0.5) is 0 Å². The summed E-state index contributed by atoms with van der Waals surface area (Å²) in [6.45, 7) is 4.15. The number of likely N-dealkylation sites (tertiary alicyclic amines) is 1. The number of nitrogens with zero attached hydrogens (tertiary/aromatic N) is 2. The summed E-state index contributed by atoms with van der Waals surface area (Å²) in [5.41, 5.74) is 2.25. The number of pyridine rings is 1. The van der Waals surface area contributed by atoms with Crippen molar-refractivity contribution in [3.63, 3.8) is 0 Å². The molecule has 18 heavy (non-hydrogen) atoms. The highest BCUT2D eigenvalue weighted by atomic mass is 16.5. The van der Waals surface area contributed by atoms with Crippen LogP contribution in [0, 0.1) is 12.8 Å². The van der Waals surface area contributed by atoms with Crippen molar-refractivity contribution in [3.8, 4) is 0 Å². The predicted molar refractivity (Wildman–Crippen MR) is 69.2 cm³/mol. The van der Waals surface area contributed by atoms with E-state index >= 15 is 0 Å². The van der Waals surface area contributed by atoms with E-state index in [0.717, 1.165) is 18.7 Å². The highest BCUT2D eigenvalue weighted by molar-refractivity contribution is 5.78. The maximum Gasteiger partial charge on any atom is 0.223 e. The molecule has 1 amide bonds. The molecule has 0 aliphatic carbocycles. The lowest BCUT2D eigenvalue weighted by Gasteiger charge is -2.15. The van der Waals surface area contributed by atoms with Crippen molar-refractivity contribution in [3.05, 3.63) is 29.6 Å². The van der Waals surface area contributed by atoms with Crippen molar-refractivity contribution >= 4 is 5.91 Å². The molecule has 0 bridgehead atoms. The molecule has 2 heterocycles. The van der Waals surface area contributed by atoms with Gasteiger partial charge in [0, 0.05) is 38.5 Å². The second kappa shape index (κ2) is 5.96. The number of aromatic nitrogens is 1. The van der Waals surface area contributed by atoms with Gasteiger partial charge in [0.25, 0.3) is 0 Å². The number of methoxy groups -OCH3 is 1. The molecule has 1 aliphatic rings. The van der Waals surface area contributed by atoms with E-state index in [9.17, 15) is 4.79 Å². The Balaban J connectivity index is 1.88. The van der Waals surface area contributed by atoms with Gasteiger partial charge in [0.2, 0.25) is 5.91 Å². The standard InChI is InChI=1S/C14H20N2O2/c1-11-3-4-12(9-15-11)7-13-8-14(17)16(10-13)5-6-18-2/h3-4,9,13H,5-8,10H2,1-2H3. The largest absolute Gasteiger partial charge is 0.383 e. The number of hydrogen-bond acceptors (Lipinski definition) is 3. The maximum absolute atomic E-state index is 11.8. The van der Waals surface area contributed by atoms with Crippen LogP contribution >= 0.6 is 0 Å². The van der Waals surface area contributed by atoms with Crippen molar-refractivity contribution in [2.45, 2.75) is 19.8 Å². The molecule has 4 heteroatoms. The minimum atomic E-state index is 0.247. The van der Waals surface area contributed by atoms with Crippen molar-refractivity contribution < 1.29 is 9.53 Å². The third kappa shape index (κ3) is 3.29. The van der Waals surface area contributed by atoms with E-state index < -0.39 is 0 Å². The van der Waals surface area contributed by atoms with Crippen LogP contribution in [0.3, 0.4) is 0 Å². The molecule has 0 spiro atoms. The predicted octanol–water partition coefficient (Wildman–Crippen LogP) is 1.43. The molecule has 0 N–H and O–H groups in total. The zero-order chi connectivity index (χ0) is 13.0. The Labute approximate surface area is 108 Å². The van der Waals surface area contributed by atoms with Gasteiger partial charge in [-0.1, -0.05) is 6.07 Å². The zero-order valence-electron chi connectivity index (χ0n) is 11.1. The Morgan fingerprint density at radius 2 is 2.33 bits per heavy atom. The van der Waals surface area contributed by atoms with E-state index in [1.807, 2.05) is 24.1 Å². The molecule has 1 atom stereocenters. The molecular weight excluding hydrogens is 228 g/mol. The SMILES string of the molecule is COCCN1CC(Cc2ccc(C)nc2)CC1=O. The summed E-state index contributed by atoms with van der Waals surface area (Å²) in [6.07, 6.45) is 3.50. The van der Waals surface area contributed by atoms with Crippen molar-refractivity contribution in [1.29, 1.82) is 0 Å². The second-order valence-electron chi connectivity index (χ2n) is 4.91. The van der Waals surface area contributed by atoms with Gasteiger partial charge in [-0.15, -0.1) is 0 Å². The van der Waals surface area contributed by atoms with Gasteiger partial charge in [0.1, 0.15) is 0 Å². The zero-order valence-corrected chi connectivity index (χ0v) is 11.1. The van der Waals surface area contributed by atoms with E-state index in [1.165, 1.54) is 5.56 Å². The quantitative estimate of drug-likeness (QED) is 0.791. The maximum atomic E-state index is 11.8. The van der Waals surface area contributed by atoms with Crippen LogP contribution in [0.1, 0.15) is 17.7 Å². The fourth-order valence-electron chi connectivity index (χ4n) is 2.36. The van der Waals surface area contributed by atoms with E-state index in [0.29, 0.717) is 25.5 Å². The fraction of sp³-hybridized carbons (Fsp3) is 0.571. The Hall–Kier alpha value is -1.42. The summed E-state index contributed by atoms with van der Waals surface area (Å²) in [6, 6.07) is 4.12. The lowest BCUT2D eigenvalue weighted by atomic mass is 10.00. The molecule has 1 aromatic rings. The van der Waals surface area contributed by atoms with E-state index in [1.54, 1.807) is 7.11 Å². The summed E-state index contributed by atoms with van der Waals surface area (Å²) in [5.74, 6) is 0.663. The van der Waals surface area contributed by atoms with Gasteiger partial charge in [-0.05, 0) is 30.9 Å². The Bertz CT molecular complexity index is 403. The van der Waals surface area contributed by atoms with Crippen LogP contribution in [0.25, 0.3) is 0 Å². The number of amides is 1. The van der Waals surface area contributed by atoms with Gasteiger partial charge in [-0.25, -0.2) is 0 Å². The average Bonchev–Trinajstić information content (AvgIpc) is 2.70. The number of carbonyl (C=O) groups excluding carboxylic acids is 1. The average molecular weight is 248 g/mol. The van der Waals surface area contributed by atoms with Gasteiger partial charge < -0.3 is 9.64 Å². The van der Waals surface area contributed by atoms with Gasteiger partial charge in [-0.2, -0.15) is 0 Å². The first kappa shape index (κ1) is 13.0. The first-order valence-electron chi connectivity index (χ1n) is 6.37. The number of rotatable bonds is 5. The van der Waals surface area contributed by atoms with Crippen molar-refractivity contribution in [1.82, 2.24) is 9.88 Å². The monoisotopic (exact) mass is 248 g/mol. The Morgan fingerprint density at radius 1 is 1.50 bits per heavy atom. The van der Waals surface area contributed by atoms with Crippen LogP contribution in [0.2, 0.25) is 0 Å². The normalized spacial score (nSPS) is 19.6. The summed E-state index contributed by atoms with van der Waals surface area (Å²) in [4.78, 5) is 18.0. The van der Waals surface area contributed by atoms with Crippen LogP contribution in [-0.4, -0.2) is 42.6 Å². The van der Waals surface area contributed by atoms with Crippen molar-refractivity contribution in [2.24, 2.45) is 5.92 Å². The second-order valence-corrected chi connectivity index (χ2v) is 4.91. The molecule has 1 aliphatic heterocycles. The summed E-state index contributed by atoms with van der Waals surface area (Å²) in [7, 11) is 1.66. The molecule has 0 aromatic carbocycles. The number of carbonyl (C=O) groups is 1. The van der Waals surface area contributed by atoms with Crippen LogP contribution in [0.5, 0.6) is 0 Å². The third-order valence-corrected chi connectivity index (χ3v) is 3.36. The Morgan fingerprint density at radius 3 is 3.00 bits per heavy atom. The molecular formula is C14H20N2O2. The number of aryl methyl sites for hydroxylation is 1. The molecule has 4 nitrogen and oxygen atoms in total. The summed E-state index contributed by atoms with van der Waals surface area (Å²) >= 11 is 0. The smallest absolute Gasteiger partial charge is 0.223 e. The van der Waals surface area contributed by atoms with E-state index in [-0.39, 0.29) is 5.91 Å². The highest BCUT2D eigenvalue weighted by Gasteiger charge is 2.29. The topological polar surface area (TPSA) is 42.4 Å². The van der Waals surface area contributed by atoms with Gasteiger partial charge in [0.05, 0.1) is 6.61 Å². The lowest BCUT2D eigenvalue weighted by molar-refractivity contribution is -0.128. The molecule has 0 saturated carbocycles. The van der Waals surface area contributed by atoms with Crippen LogP contribution in [0.15, 0.2) is 18.3 Å². The van der Waals surface area contributed by atoms with Gasteiger partial charge >= 0.3 is 0 Å². The Kier molecular flexibility index (Phi) is 4.31. The first-order valence-corrected chi connectivity index (χ1v) is 6.37. The minimum absolute atomic E-state index is 0.247. The molecule has 1 saturated heterocycles. The highest BCUT2D eigenvalue weighted by Crippen LogP contribution is 2.21. The van der Waals surface area contributed by atoms with E-state index in [2.05, 4.69) is 11.1 Å². The molecule has 1 aromatic heterocycles. The minimum Gasteiger partial charge on any atom is -0.383 e. The van der Waals surface area contributed by atoms with E-state index in [4.69, 9.17) is 4.74 Å². The number of ether oxygens (including phenoxy) is 1. The first-order chi connectivity index (χ1) is 8.69. The molecule has 1 unspecified atom stereocenters. The molecule has 0 radical (unpaired) electrons. The van der Waals surface area contributed by atoms with Gasteiger partial charge in [0.15, 0.2) is 0 Å². The fourth-order valence-corrected chi connectivity index (χ4v) is 2.36. The summed E-state index contributed by atoms with van der Waals surface area (Å²) < 4.78 is 5.01. The van der Waals surface area contributed by atoms with Gasteiger partial charge in [-0.3, -0.25) is 9.78 Å². The molecule has 98 valence electrons. The van der Waals surface area contributed by atoms with Crippen molar-refractivity contribution in [2.75, 3.05) is 26.8 Å². The number of hydrogen-bond donors (Lipinski definition) is 0. The molecule has 2 rings (SSSR count). The molecule has 1 fully saturated rings. The third-order valence-electron chi connectivity index (χ3n) is 3.36. The van der Waals surface area contributed by atoms with Crippen LogP contribution < -0.4 is 0 Å². The van der Waals surface area contributed by atoms with Crippen LogP contribution in [-0.2, 0) is 16.0 Å². The summed E-state index contributed by atoms with van der Waals surface area (Å²) in [5, 5.41) is 0. The lowest BCUT2D eigenvalue weighted by Crippen LogP contribution is -2.28.